The third-order valence-electron chi connectivity index (χ3n) is 7.01. The number of quaternary nitrogens is 1. The number of hydrogen-bond donors (Lipinski definition) is 1. The van der Waals surface area contributed by atoms with E-state index in [-0.39, 0.29) is 26.2 Å². The Morgan fingerprint density at radius 1 is 0.707 bits per heavy atom. The summed E-state index contributed by atoms with van der Waals surface area (Å²) >= 11 is 0. The number of likely N-dealkylation sites (N-methyl/N-ethyl adjacent to an activating group) is 1. The third kappa shape index (κ3) is 32.2. The van der Waals surface area contributed by atoms with Crippen LogP contribution in [0.5, 0.6) is 0 Å². The molecule has 0 saturated carbocycles. The van der Waals surface area contributed by atoms with E-state index in [1.165, 1.54) is 77.0 Å². The van der Waals surface area contributed by atoms with E-state index in [2.05, 4.69) is 6.92 Å². The molecule has 10 heteroatoms. The second kappa shape index (κ2) is 27.0. The summed E-state index contributed by atoms with van der Waals surface area (Å²) in [6.07, 6.45) is 21.0. The molecule has 0 fully saturated rings. The molecule has 0 aromatic carbocycles. The van der Waals surface area contributed by atoms with Gasteiger partial charge in [-0.05, 0) is 19.3 Å². The molecule has 2 unspecified atom stereocenters. The molecular weight excluding hydrogens is 545 g/mol. The largest absolute Gasteiger partial charge is 0.756 e. The Bertz CT molecular complexity index is 644. The van der Waals surface area contributed by atoms with E-state index in [4.69, 9.17) is 23.6 Å². The van der Waals surface area contributed by atoms with Gasteiger partial charge in [0, 0.05) is 19.6 Å². The summed E-state index contributed by atoms with van der Waals surface area (Å²) in [5.41, 5.74) is 0. The van der Waals surface area contributed by atoms with Crippen molar-refractivity contribution in [2.45, 2.75) is 135 Å². The van der Waals surface area contributed by atoms with Crippen molar-refractivity contribution in [1.82, 2.24) is 0 Å². The highest BCUT2D eigenvalue weighted by molar-refractivity contribution is 7.45. The van der Waals surface area contributed by atoms with E-state index >= 15 is 0 Å². The van der Waals surface area contributed by atoms with Crippen LogP contribution < -0.4 is 4.89 Å². The Kier molecular flexibility index (Phi) is 26.7. The van der Waals surface area contributed by atoms with Gasteiger partial charge in [-0.1, -0.05) is 103 Å². The topological polar surface area (TPSA) is 114 Å². The number of ether oxygens (including phenoxy) is 2. The number of hydrogen-bond acceptors (Lipinski definition) is 7. The summed E-state index contributed by atoms with van der Waals surface area (Å²) in [6, 6.07) is 0. The van der Waals surface area contributed by atoms with E-state index in [1.807, 2.05) is 21.1 Å². The minimum atomic E-state index is -4.42. The number of aliphatic carboxylic acids is 1. The maximum absolute atomic E-state index is 12.2. The highest BCUT2D eigenvalue weighted by Crippen LogP contribution is 2.38. The first kappa shape index (κ1) is 40.5. The maximum Gasteiger partial charge on any atom is 0.303 e. The molecular formula is C31H64NO8P. The minimum Gasteiger partial charge on any atom is -0.756 e. The molecule has 0 aromatic heterocycles. The van der Waals surface area contributed by atoms with Gasteiger partial charge in [-0.3, -0.25) is 9.36 Å². The third-order valence-corrected chi connectivity index (χ3v) is 7.98. The van der Waals surface area contributed by atoms with E-state index < -0.39 is 19.9 Å². The van der Waals surface area contributed by atoms with E-state index in [0.29, 0.717) is 30.7 Å². The lowest BCUT2D eigenvalue weighted by molar-refractivity contribution is -0.870. The predicted molar refractivity (Wildman–Crippen MR) is 164 cm³/mol. The van der Waals surface area contributed by atoms with Crippen molar-refractivity contribution in [3.8, 4) is 0 Å². The predicted octanol–water partition coefficient (Wildman–Crippen LogP) is 7.11. The van der Waals surface area contributed by atoms with Crippen LogP contribution in [0.2, 0.25) is 0 Å². The van der Waals surface area contributed by atoms with Crippen molar-refractivity contribution >= 4 is 13.8 Å². The lowest BCUT2D eigenvalue weighted by atomic mass is 10.0. The zero-order valence-electron chi connectivity index (χ0n) is 27.0. The first-order valence-corrected chi connectivity index (χ1v) is 17.8. The van der Waals surface area contributed by atoms with Crippen molar-refractivity contribution in [2.75, 3.05) is 60.7 Å². The van der Waals surface area contributed by atoms with Gasteiger partial charge < -0.3 is 33.0 Å². The Balaban J connectivity index is 4.08. The van der Waals surface area contributed by atoms with Gasteiger partial charge in [0.15, 0.2) is 0 Å². The fourth-order valence-electron chi connectivity index (χ4n) is 4.38. The number of carbonyl (C=O) groups is 1. The quantitative estimate of drug-likeness (QED) is 0.0487. The molecule has 0 amide bonds. The van der Waals surface area contributed by atoms with Gasteiger partial charge in [0.25, 0.3) is 7.82 Å². The lowest BCUT2D eigenvalue weighted by Crippen LogP contribution is -2.37. The number of carboxylic acid groups (broad SMARTS) is 1. The van der Waals surface area contributed by atoms with Crippen LogP contribution in [0.1, 0.15) is 129 Å². The molecule has 0 aliphatic rings. The Hall–Kier alpha value is -0.540. The van der Waals surface area contributed by atoms with Crippen molar-refractivity contribution in [3.63, 3.8) is 0 Å². The molecule has 0 spiro atoms. The normalized spacial score (nSPS) is 14.3. The fraction of sp³-hybridized carbons (Fsp3) is 0.968. The highest BCUT2D eigenvalue weighted by Gasteiger charge is 2.18. The van der Waals surface area contributed by atoms with Gasteiger partial charge in [0.2, 0.25) is 0 Å². The monoisotopic (exact) mass is 609 g/mol. The molecule has 246 valence electrons. The number of phosphoric acid groups is 1. The van der Waals surface area contributed by atoms with Gasteiger partial charge in [-0.25, -0.2) is 0 Å². The summed E-state index contributed by atoms with van der Waals surface area (Å²) in [5, 5.41) is 8.73. The molecule has 41 heavy (non-hydrogen) atoms. The Labute approximate surface area is 251 Å². The molecule has 2 atom stereocenters. The van der Waals surface area contributed by atoms with Crippen LogP contribution in [0.15, 0.2) is 0 Å². The summed E-state index contributed by atoms with van der Waals surface area (Å²) in [5.74, 6) is -0.778. The van der Waals surface area contributed by atoms with Crippen molar-refractivity contribution in [2.24, 2.45) is 0 Å². The second-order valence-electron chi connectivity index (χ2n) is 12.3. The fourth-order valence-corrected chi connectivity index (χ4v) is 5.11. The second-order valence-corrected chi connectivity index (χ2v) is 13.7. The van der Waals surface area contributed by atoms with E-state index in [9.17, 15) is 14.3 Å². The van der Waals surface area contributed by atoms with Gasteiger partial charge >= 0.3 is 5.97 Å². The molecule has 0 bridgehead atoms. The number of unbranched alkanes of at least 4 members (excludes halogenated alkanes) is 16. The molecule has 0 saturated heterocycles. The molecule has 0 radical (unpaired) electrons. The van der Waals surface area contributed by atoms with Gasteiger partial charge in [-0.2, -0.15) is 0 Å². The van der Waals surface area contributed by atoms with Crippen LogP contribution in [0.4, 0.5) is 0 Å². The molecule has 9 nitrogen and oxygen atoms in total. The number of phosphoric ester groups is 1. The summed E-state index contributed by atoms with van der Waals surface area (Å²) < 4.78 is 34.5. The smallest absolute Gasteiger partial charge is 0.303 e. The number of nitrogens with zero attached hydrogens (tertiary/aromatic N) is 1. The molecule has 0 rings (SSSR count). The molecule has 1 N–H and O–H groups in total. The zero-order valence-corrected chi connectivity index (χ0v) is 27.8. The summed E-state index contributed by atoms with van der Waals surface area (Å²) in [4.78, 5) is 22.8. The van der Waals surface area contributed by atoms with Crippen LogP contribution in [0, 0.1) is 0 Å². The maximum atomic E-state index is 12.2. The summed E-state index contributed by atoms with van der Waals surface area (Å²) in [7, 11) is 1.45. The first-order valence-electron chi connectivity index (χ1n) is 16.4. The van der Waals surface area contributed by atoms with Crippen LogP contribution in [-0.2, 0) is 27.9 Å². The van der Waals surface area contributed by atoms with Crippen LogP contribution in [0.3, 0.4) is 0 Å². The van der Waals surface area contributed by atoms with Gasteiger partial charge in [0.1, 0.15) is 19.3 Å². The molecule has 0 heterocycles. The van der Waals surface area contributed by atoms with Crippen molar-refractivity contribution in [1.29, 1.82) is 0 Å². The van der Waals surface area contributed by atoms with Crippen LogP contribution >= 0.6 is 7.82 Å². The zero-order chi connectivity index (χ0) is 30.7. The number of carboxylic acids is 1. The lowest BCUT2D eigenvalue weighted by Gasteiger charge is -2.28. The average Bonchev–Trinajstić information content (AvgIpc) is 2.89. The molecule has 0 aliphatic carbocycles. The standard InChI is InChI=1S/C31H64NO8P/c1-5-6-7-8-9-10-11-12-13-14-15-16-18-21-25-37-28-30(38-26-22-19-17-20-23-31(33)34)29-40-41(35,36)39-27-24-32(2,3)4/h30H,5-29H2,1-4H3,(H-,33,34,35,36). The van der Waals surface area contributed by atoms with Gasteiger partial charge in [-0.15, -0.1) is 0 Å². The minimum absolute atomic E-state index is 0.0573. The first-order chi connectivity index (χ1) is 19.6. The van der Waals surface area contributed by atoms with E-state index in [1.54, 1.807) is 0 Å². The Morgan fingerprint density at radius 2 is 1.20 bits per heavy atom. The molecule has 0 aromatic rings. The highest BCUT2D eigenvalue weighted by atomic mass is 31.2. The van der Waals surface area contributed by atoms with Crippen molar-refractivity contribution in [3.05, 3.63) is 0 Å². The summed E-state index contributed by atoms with van der Waals surface area (Å²) in [6.45, 7) is 4.02. The average molecular weight is 610 g/mol. The molecule has 0 aliphatic heterocycles. The SMILES string of the molecule is CCCCCCCCCCCCCCCCOCC(COP(=O)([O-])OCC[N+](C)(C)C)OCCCCCCC(=O)O. The Morgan fingerprint density at radius 3 is 1.71 bits per heavy atom. The number of rotatable bonds is 32. The van der Waals surface area contributed by atoms with Crippen LogP contribution in [0.25, 0.3) is 0 Å². The van der Waals surface area contributed by atoms with Gasteiger partial charge in [0.05, 0.1) is 34.4 Å². The van der Waals surface area contributed by atoms with Crippen molar-refractivity contribution < 1.29 is 42.4 Å². The van der Waals surface area contributed by atoms with E-state index in [0.717, 1.165) is 32.1 Å². The van der Waals surface area contributed by atoms with Crippen LogP contribution in [-0.4, -0.2) is 82.4 Å².